The standard InChI is InChI=1S/C26H27BrIN5O/c1-32(2)19-8-5-16(6-9-19)14-33-11-3-4-18(15-33)30-25-20-10-7-17(27)12-21(20)23-24(31-25)22(28)13-29-26(23)34/h5-10,12-13,18H,3-4,11,14-15H2,1-2H3,(H,29,34)(H,30,31). The summed E-state index contributed by atoms with van der Waals surface area (Å²) >= 11 is 5.81. The van der Waals surface area contributed by atoms with Gasteiger partial charge in [0.1, 0.15) is 5.82 Å². The smallest absolute Gasteiger partial charge is 0.258 e. The van der Waals surface area contributed by atoms with E-state index in [0.717, 1.165) is 62.6 Å². The molecule has 0 spiro atoms. The lowest BCUT2D eigenvalue weighted by Gasteiger charge is -2.33. The third kappa shape index (κ3) is 4.81. The van der Waals surface area contributed by atoms with Crippen LogP contribution in [0.3, 0.4) is 0 Å². The molecule has 5 rings (SSSR count). The number of anilines is 2. The quantitative estimate of drug-likeness (QED) is 0.222. The van der Waals surface area contributed by atoms with Crippen LogP contribution in [-0.4, -0.2) is 48.1 Å². The maximum absolute atomic E-state index is 12.7. The molecule has 1 saturated heterocycles. The van der Waals surface area contributed by atoms with Crippen LogP contribution in [0, 0.1) is 3.57 Å². The van der Waals surface area contributed by atoms with E-state index < -0.39 is 0 Å². The van der Waals surface area contributed by atoms with Gasteiger partial charge in [0.15, 0.2) is 0 Å². The maximum Gasteiger partial charge on any atom is 0.258 e. The van der Waals surface area contributed by atoms with Gasteiger partial charge < -0.3 is 15.2 Å². The van der Waals surface area contributed by atoms with Gasteiger partial charge in [-0.25, -0.2) is 4.98 Å². The minimum absolute atomic E-state index is 0.110. The number of aromatic amines is 1. The molecule has 2 aromatic heterocycles. The van der Waals surface area contributed by atoms with Gasteiger partial charge in [-0.3, -0.25) is 9.69 Å². The highest BCUT2D eigenvalue weighted by Gasteiger charge is 2.22. The van der Waals surface area contributed by atoms with Gasteiger partial charge in [0.25, 0.3) is 5.56 Å². The molecule has 0 radical (unpaired) electrons. The molecule has 2 N–H and O–H groups in total. The Balaban J connectivity index is 1.42. The van der Waals surface area contributed by atoms with Crippen molar-refractivity contribution >= 4 is 71.7 Å². The summed E-state index contributed by atoms with van der Waals surface area (Å²) in [5.41, 5.74) is 3.18. The van der Waals surface area contributed by atoms with E-state index in [4.69, 9.17) is 4.98 Å². The van der Waals surface area contributed by atoms with Crippen molar-refractivity contribution in [2.24, 2.45) is 0 Å². The summed E-state index contributed by atoms with van der Waals surface area (Å²) < 4.78 is 1.88. The fourth-order valence-corrected chi connectivity index (χ4v) is 5.64. The fraction of sp³-hybridized carbons (Fsp3) is 0.308. The lowest BCUT2D eigenvalue weighted by atomic mass is 10.0. The van der Waals surface area contributed by atoms with Crippen molar-refractivity contribution in [2.45, 2.75) is 25.4 Å². The second-order valence-electron chi connectivity index (χ2n) is 9.12. The number of likely N-dealkylation sites (tertiary alicyclic amines) is 1. The van der Waals surface area contributed by atoms with E-state index in [1.165, 1.54) is 11.3 Å². The Morgan fingerprint density at radius 3 is 2.76 bits per heavy atom. The van der Waals surface area contributed by atoms with Crippen LogP contribution in [0.15, 0.2) is 57.9 Å². The number of hydrogen-bond acceptors (Lipinski definition) is 5. The van der Waals surface area contributed by atoms with Gasteiger partial charge in [0, 0.05) is 60.4 Å². The van der Waals surface area contributed by atoms with Gasteiger partial charge in [-0.05, 0) is 77.9 Å². The first-order valence-corrected chi connectivity index (χ1v) is 13.3. The van der Waals surface area contributed by atoms with Crippen LogP contribution in [0.5, 0.6) is 0 Å². The highest BCUT2D eigenvalue weighted by Crippen LogP contribution is 2.32. The van der Waals surface area contributed by atoms with E-state index in [2.05, 4.69) is 97.0 Å². The molecule has 34 heavy (non-hydrogen) atoms. The minimum atomic E-state index is -0.110. The average Bonchev–Trinajstić information content (AvgIpc) is 2.82. The number of rotatable bonds is 5. The fourth-order valence-electron chi connectivity index (χ4n) is 4.74. The second-order valence-corrected chi connectivity index (χ2v) is 11.2. The molecule has 6 nitrogen and oxygen atoms in total. The van der Waals surface area contributed by atoms with Crippen molar-refractivity contribution in [3.8, 4) is 0 Å². The zero-order valence-corrected chi connectivity index (χ0v) is 23.0. The van der Waals surface area contributed by atoms with Gasteiger partial charge in [-0.15, -0.1) is 0 Å². The number of piperidine rings is 1. The second kappa shape index (κ2) is 9.83. The van der Waals surface area contributed by atoms with Crippen molar-refractivity contribution in [1.29, 1.82) is 0 Å². The average molecular weight is 632 g/mol. The molecule has 1 aliphatic rings. The highest BCUT2D eigenvalue weighted by atomic mass is 127. The summed E-state index contributed by atoms with van der Waals surface area (Å²) in [4.78, 5) is 25.1. The molecule has 0 bridgehead atoms. The first kappa shape index (κ1) is 23.6. The number of halogens is 2. The molecule has 4 aromatic rings. The lowest BCUT2D eigenvalue weighted by Crippen LogP contribution is -2.41. The molecule has 0 amide bonds. The topological polar surface area (TPSA) is 64.3 Å². The molecule has 2 aromatic carbocycles. The van der Waals surface area contributed by atoms with Gasteiger partial charge >= 0.3 is 0 Å². The molecule has 1 fully saturated rings. The van der Waals surface area contributed by atoms with E-state index in [9.17, 15) is 4.79 Å². The Labute approximate surface area is 221 Å². The highest BCUT2D eigenvalue weighted by molar-refractivity contribution is 14.1. The Morgan fingerprint density at radius 2 is 2.00 bits per heavy atom. The summed E-state index contributed by atoms with van der Waals surface area (Å²) in [7, 11) is 4.13. The van der Waals surface area contributed by atoms with Gasteiger partial charge in [-0.2, -0.15) is 0 Å². The van der Waals surface area contributed by atoms with Crippen LogP contribution < -0.4 is 15.8 Å². The lowest BCUT2D eigenvalue weighted by molar-refractivity contribution is 0.208. The van der Waals surface area contributed by atoms with Crippen LogP contribution in [0.2, 0.25) is 0 Å². The third-order valence-electron chi connectivity index (χ3n) is 6.46. The van der Waals surface area contributed by atoms with Crippen LogP contribution >= 0.6 is 38.5 Å². The van der Waals surface area contributed by atoms with E-state index in [1.54, 1.807) is 6.20 Å². The first-order valence-electron chi connectivity index (χ1n) is 11.4. The maximum atomic E-state index is 12.7. The number of benzene rings is 2. The van der Waals surface area contributed by atoms with Crippen molar-refractivity contribution in [2.75, 3.05) is 37.4 Å². The summed E-state index contributed by atoms with van der Waals surface area (Å²) in [6.45, 7) is 3.00. The largest absolute Gasteiger partial charge is 0.378 e. The van der Waals surface area contributed by atoms with Crippen molar-refractivity contribution in [1.82, 2.24) is 14.9 Å². The third-order valence-corrected chi connectivity index (χ3v) is 7.77. The zero-order valence-electron chi connectivity index (χ0n) is 19.2. The molecule has 0 saturated carbocycles. The number of nitrogens with zero attached hydrogens (tertiary/aromatic N) is 3. The predicted molar refractivity (Wildman–Crippen MR) is 153 cm³/mol. The number of hydrogen-bond donors (Lipinski definition) is 2. The monoisotopic (exact) mass is 631 g/mol. The van der Waals surface area contributed by atoms with Gasteiger partial charge in [0.05, 0.1) is 14.5 Å². The van der Waals surface area contributed by atoms with Gasteiger partial charge in [0.2, 0.25) is 0 Å². The summed E-state index contributed by atoms with van der Waals surface area (Å²) in [6, 6.07) is 15.2. The Kier molecular flexibility index (Phi) is 6.81. The Morgan fingerprint density at radius 1 is 1.21 bits per heavy atom. The number of H-pyrrole nitrogens is 1. The summed E-state index contributed by atoms with van der Waals surface area (Å²) in [6.07, 6.45) is 3.97. The molecule has 0 aliphatic carbocycles. The van der Waals surface area contributed by atoms with Gasteiger partial charge in [-0.1, -0.05) is 28.1 Å². The minimum Gasteiger partial charge on any atom is -0.378 e. The van der Waals surface area contributed by atoms with Crippen LogP contribution in [0.1, 0.15) is 18.4 Å². The molecule has 1 aliphatic heterocycles. The molecular weight excluding hydrogens is 605 g/mol. The first-order chi connectivity index (χ1) is 16.4. The summed E-state index contributed by atoms with van der Waals surface area (Å²) in [5, 5.41) is 6.25. The predicted octanol–water partition coefficient (Wildman–Crippen LogP) is 5.59. The molecule has 1 unspecified atom stereocenters. The number of nitrogens with one attached hydrogen (secondary N) is 2. The molecule has 3 heterocycles. The van der Waals surface area contributed by atoms with E-state index in [0.29, 0.717) is 11.4 Å². The SMILES string of the molecule is CN(C)c1ccc(CN2CCCC(Nc3nc4c(I)c[nH]c(=O)c4c4cc(Br)ccc34)C2)cc1. The normalized spacial score (nSPS) is 16.8. The zero-order chi connectivity index (χ0) is 23.8. The molecule has 1 atom stereocenters. The molecule has 8 heteroatoms. The van der Waals surface area contributed by atoms with Crippen LogP contribution in [0.25, 0.3) is 21.7 Å². The van der Waals surface area contributed by atoms with Crippen molar-refractivity contribution < 1.29 is 0 Å². The number of fused-ring (bicyclic) bond motifs is 3. The Bertz CT molecular complexity index is 1400. The van der Waals surface area contributed by atoms with Crippen molar-refractivity contribution in [3.05, 3.63) is 72.6 Å². The molecular formula is C26H27BrIN5O. The number of aromatic nitrogens is 2. The van der Waals surface area contributed by atoms with E-state index in [-0.39, 0.29) is 5.56 Å². The molecule has 176 valence electrons. The number of pyridine rings is 2. The Hall–Kier alpha value is -2.17. The van der Waals surface area contributed by atoms with Crippen molar-refractivity contribution in [3.63, 3.8) is 0 Å². The van der Waals surface area contributed by atoms with Crippen LogP contribution in [-0.2, 0) is 6.54 Å². The van der Waals surface area contributed by atoms with Crippen LogP contribution in [0.4, 0.5) is 11.5 Å². The van der Waals surface area contributed by atoms with E-state index >= 15 is 0 Å². The summed E-state index contributed by atoms with van der Waals surface area (Å²) in [5.74, 6) is 0.848. The van der Waals surface area contributed by atoms with E-state index in [1.807, 2.05) is 18.2 Å².